The van der Waals surface area contributed by atoms with Crippen LogP contribution in [0.2, 0.25) is 5.02 Å². The van der Waals surface area contributed by atoms with Gasteiger partial charge >= 0.3 is 0 Å². The molecule has 0 radical (unpaired) electrons. The number of nitrogens with zero attached hydrogens (tertiary/aromatic N) is 1. The second-order valence-corrected chi connectivity index (χ2v) is 6.71. The van der Waals surface area contributed by atoms with Crippen LogP contribution in [0.1, 0.15) is 31.4 Å². The summed E-state index contributed by atoms with van der Waals surface area (Å²) in [4.78, 5) is 2.27. The maximum Gasteiger partial charge on any atom is 0.0816 e. The van der Waals surface area contributed by atoms with Gasteiger partial charge in [0.25, 0.3) is 0 Å². The van der Waals surface area contributed by atoms with E-state index in [0.29, 0.717) is 17.5 Å². The minimum atomic E-state index is -0.532. The molecule has 0 aromatic heterocycles. The second kappa shape index (κ2) is 7.23. The molecule has 1 aromatic rings. The summed E-state index contributed by atoms with van der Waals surface area (Å²) in [6.45, 7) is 3.76. The number of rotatable bonds is 5. The lowest BCUT2D eigenvalue weighted by molar-refractivity contribution is 0.0749. The van der Waals surface area contributed by atoms with Gasteiger partial charge in [-0.25, -0.2) is 0 Å². The molecule has 3 nitrogen and oxygen atoms in total. The van der Waals surface area contributed by atoms with Crippen LogP contribution in [0.25, 0.3) is 0 Å². The Morgan fingerprint density at radius 3 is 2.90 bits per heavy atom. The van der Waals surface area contributed by atoms with E-state index in [9.17, 15) is 5.11 Å². The van der Waals surface area contributed by atoms with E-state index >= 15 is 0 Å². The summed E-state index contributed by atoms with van der Waals surface area (Å²) in [5, 5.41) is 10.9. The fourth-order valence-corrected chi connectivity index (χ4v) is 3.52. The molecule has 1 fully saturated rings. The predicted octanol–water partition coefficient (Wildman–Crippen LogP) is 3.64. The van der Waals surface area contributed by atoms with Crippen LogP contribution in [-0.4, -0.2) is 42.4 Å². The standard InChI is InChI=1S/C15H21BrClNO2/c1-10-14(6-8-20-10)18(2)7-5-15(19)12-4-3-11(16)9-13(12)17/h3-4,9-10,14-15,19H,5-8H2,1-2H3. The summed E-state index contributed by atoms with van der Waals surface area (Å²) in [6, 6.07) is 6.04. The highest BCUT2D eigenvalue weighted by atomic mass is 79.9. The summed E-state index contributed by atoms with van der Waals surface area (Å²) in [7, 11) is 2.09. The van der Waals surface area contributed by atoms with Gasteiger partial charge in [-0.2, -0.15) is 0 Å². The molecule has 1 aliphatic heterocycles. The lowest BCUT2D eigenvalue weighted by Gasteiger charge is -2.27. The Balaban J connectivity index is 1.89. The van der Waals surface area contributed by atoms with E-state index in [1.165, 1.54) is 0 Å². The highest BCUT2D eigenvalue weighted by molar-refractivity contribution is 9.10. The molecule has 1 aliphatic rings. The molecule has 112 valence electrons. The third-order valence-electron chi connectivity index (χ3n) is 3.98. The van der Waals surface area contributed by atoms with Crippen molar-refractivity contribution in [2.75, 3.05) is 20.2 Å². The molecule has 0 aliphatic carbocycles. The number of likely N-dealkylation sites (N-methyl/N-ethyl adjacent to an activating group) is 1. The van der Waals surface area contributed by atoms with E-state index in [4.69, 9.17) is 16.3 Å². The Labute approximate surface area is 134 Å². The van der Waals surface area contributed by atoms with Crippen molar-refractivity contribution in [3.63, 3.8) is 0 Å². The quantitative estimate of drug-likeness (QED) is 0.868. The highest BCUT2D eigenvalue weighted by Crippen LogP contribution is 2.28. The van der Waals surface area contributed by atoms with Gasteiger partial charge in [-0.1, -0.05) is 33.6 Å². The molecule has 0 bridgehead atoms. The smallest absolute Gasteiger partial charge is 0.0816 e. The van der Waals surface area contributed by atoms with Gasteiger partial charge in [-0.3, -0.25) is 0 Å². The van der Waals surface area contributed by atoms with Crippen LogP contribution >= 0.6 is 27.5 Å². The first-order valence-electron chi connectivity index (χ1n) is 6.94. The first kappa shape index (κ1) is 16.2. The van der Waals surface area contributed by atoms with Crippen molar-refractivity contribution >= 4 is 27.5 Å². The summed E-state index contributed by atoms with van der Waals surface area (Å²) in [5.41, 5.74) is 0.791. The molecule has 0 saturated carbocycles. The summed E-state index contributed by atoms with van der Waals surface area (Å²) >= 11 is 9.54. The molecule has 5 heteroatoms. The van der Waals surface area contributed by atoms with Crippen LogP contribution in [0.3, 0.4) is 0 Å². The van der Waals surface area contributed by atoms with Gasteiger partial charge in [0, 0.05) is 28.7 Å². The molecule has 1 heterocycles. The summed E-state index contributed by atoms with van der Waals surface area (Å²) in [5.74, 6) is 0. The maximum atomic E-state index is 10.3. The van der Waals surface area contributed by atoms with Crippen molar-refractivity contribution in [2.45, 2.75) is 38.0 Å². The van der Waals surface area contributed by atoms with Crippen molar-refractivity contribution in [3.8, 4) is 0 Å². The molecular formula is C15H21BrClNO2. The largest absolute Gasteiger partial charge is 0.388 e. The Bertz CT molecular complexity index is 457. The normalized spacial score (nSPS) is 24.3. The molecule has 3 atom stereocenters. The molecule has 20 heavy (non-hydrogen) atoms. The lowest BCUT2D eigenvalue weighted by Crippen LogP contribution is -2.37. The first-order chi connectivity index (χ1) is 9.49. The minimum absolute atomic E-state index is 0.272. The molecule has 0 spiro atoms. The molecule has 0 amide bonds. The number of hydrogen-bond donors (Lipinski definition) is 1. The number of benzene rings is 1. The van der Waals surface area contributed by atoms with Crippen molar-refractivity contribution in [1.82, 2.24) is 4.90 Å². The Morgan fingerprint density at radius 1 is 1.55 bits per heavy atom. The predicted molar refractivity (Wildman–Crippen MR) is 85.2 cm³/mol. The lowest BCUT2D eigenvalue weighted by atomic mass is 10.1. The SMILES string of the molecule is CC1OCCC1N(C)CCC(O)c1ccc(Br)cc1Cl. The summed E-state index contributed by atoms with van der Waals surface area (Å²) < 4.78 is 6.50. The third-order valence-corrected chi connectivity index (χ3v) is 4.80. The van der Waals surface area contributed by atoms with Crippen molar-refractivity contribution in [1.29, 1.82) is 0 Å². The Kier molecular flexibility index (Phi) is 5.87. The van der Waals surface area contributed by atoms with Gasteiger partial charge in [0.1, 0.15) is 0 Å². The first-order valence-corrected chi connectivity index (χ1v) is 8.11. The van der Waals surface area contributed by atoms with Gasteiger partial charge in [0.05, 0.1) is 12.2 Å². The van der Waals surface area contributed by atoms with E-state index in [-0.39, 0.29) is 6.10 Å². The number of hydrogen-bond acceptors (Lipinski definition) is 3. The van der Waals surface area contributed by atoms with E-state index in [1.54, 1.807) is 0 Å². The van der Waals surface area contributed by atoms with Gasteiger partial charge in [-0.15, -0.1) is 0 Å². The van der Waals surface area contributed by atoms with Gasteiger partial charge in [-0.05, 0) is 44.5 Å². The van der Waals surface area contributed by atoms with Crippen LogP contribution in [0.5, 0.6) is 0 Å². The average Bonchev–Trinajstić information content (AvgIpc) is 2.82. The topological polar surface area (TPSA) is 32.7 Å². The molecule has 1 saturated heterocycles. The van der Waals surface area contributed by atoms with Crippen molar-refractivity contribution < 1.29 is 9.84 Å². The zero-order valence-electron chi connectivity index (χ0n) is 11.9. The van der Waals surface area contributed by atoms with E-state index in [1.807, 2.05) is 18.2 Å². The zero-order valence-corrected chi connectivity index (χ0v) is 14.2. The molecule has 1 aromatic carbocycles. The highest BCUT2D eigenvalue weighted by Gasteiger charge is 2.28. The molecule has 2 rings (SSSR count). The minimum Gasteiger partial charge on any atom is -0.388 e. The number of ether oxygens (including phenoxy) is 1. The van der Waals surface area contributed by atoms with E-state index in [0.717, 1.165) is 29.6 Å². The van der Waals surface area contributed by atoms with Gasteiger partial charge in [0.2, 0.25) is 0 Å². The van der Waals surface area contributed by atoms with Crippen LogP contribution < -0.4 is 0 Å². The van der Waals surface area contributed by atoms with E-state index in [2.05, 4.69) is 34.8 Å². The maximum absolute atomic E-state index is 10.3. The van der Waals surface area contributed by atoms with Crippen LogP contribution in [0, 0.1) is 0 Å². The van der Waals surface area contributed by atoms with Crippen LogP contribution in [0.15, 0.2) is 22.7 Å². The van der Waals surface area contributed by atoms with Crippen LogP contribution in [0.4, 0.5) is 0 Å². The fraction of sp³-hybridized carbons (Fsp3) is 0.600. The van der Waals surface area contributed by atoms with Gasteiger partial charge in [0.15, 0.2) is 0 Å². The third kappa shape index (κ3) is 3.95. The molecule has 1 N–H and O–H groups in total. The summed E-state index contributed by atoms with van der Waals surface area (Å²) in [6.07, 6.45) is 1.47. The number of halogens is 2. The number of aliphatic hydroxyl groups is 1. The monoisotopic (exact) mass is 361 g/mol. The molecule has 3 unspecified atom stereocenters. The Morgan fingerprint density at radius 2 is 2.30 bits per heavy atom. The zero-order chi connectivity index (χ0) is 14.7. The van der Waals surface area contributed by atoms with Crippen molar-refractivity contribution in [2.24, 2.45) is 0 Å². The average molecular weight is 363 g/mol. The fourth-order valence-electron chi connectivity index (χ4n) is 2.72. The Hall–Kier alpha value is -0.130. The molecular weight excluding hydrogens is 342 g/mol. The van der Waals surface area contributed by atoms with Crippen LogP contribution in [-0.2, 0) is 4.74 Å². The second-order valence-electron chi connectivity index (χ2n) is 5.38. The number of aliphatic hydroxyl groups excluding tert-OH is 1. The van der Waals surface area contributed by atoms with E-state index < -0.39 is 6.10 Å². The van der Waals surface area contributed by atoms with Crippen molar-refractivity contribution in [3.05, 3.63) is 33.3 Å². The van der Waals surface area contributed by atoms with Gasteiger partial charge < -0.3 is 14.7 Å².